The van der Waals surface area contributed by atoms with Gasteiger partial charge in [0.25, 0.3) is 0 Å². The molecule has 0 aromatic rings. The van der Waals surface area contributed by atoms with Crippen LogP contribution in [0.3, 0.4) is 0 Å². The number of rotatable bonds is 2. The molecule has 3 unspecified atom stereocenters. The van der Waals surface area contributed by atoms with Crippen molar-refractivity contribution < 1.29 is 46.1 Å². The Morgan fingerprint density at radius 3 is 2.16 bits per heavy atom. The molecule has 6 aliphatic rings. The number of hydrogen-bond acceptors (Lipinski definition) is 5. The fourth-order valence-electron chi connectivity index (χ4n) is 7.32. The molecule has 6 rings (SSSR count). The molecule has 1 N–H and O–H groups in total. The van der Waals surface area contributed by atoms with Crippen LogP contribution in [0.15, 0.2) is 0 Å². The predicted octanol–water partition coefficient (Wildman–Crippen LogP) is 4.32. The van der Waals surface area contributed by atoms with Gasteiger partial charge in [-0.1, -0.05) is 19.3 Å². The smallest absolute Gasteiger partial charge is 0.449 e. The van der Waals surface area contributed by atoms with E-state index in [2.05, 4.69) is 4.74 Å². The van der Waals surface area contributed by atoms with Crippen molar-refractivity contribution in [2.24, 2.45) is 23.7 Å². The van der Waals surface area contributed by atoms with Gasteiger partial charge in [0.05, 0.1) is 5.92 Å². The van der Waals surface area contributed by atoms with Crippen LogP contribution >= 0.6 is 0 Å². The van der Waals surface area contributed by atoms with Gasteiger partial charge in [0.15, 0.2) is 6.79 Å². The van der Waals surface area contributed by atoms with E-state index < -0.39 is 47.7 Å². The number of esters is 1. The molecule has 5 saturated carbocycles. The first-order valence-corrected chi connectivity index (χ1v) is 11.1. The van der Waals surface area contributed by atoms with Crippen molar-refractivity contribution in [3.8, 4) is 0 Å². The molecule has 3 atom stereocenters. The second-order valence-electron chi connectivity index (χ2n) is 10.2. The minimum Gasteiger partial charge on any atom is -0.459 e. The lowest BCUT2D eigenvalue weighted by Crippen LogP contribution is -2.81. The van der Waals surface area contributed by atoms with Gasteiger partial charge in [-0.25, -0.2) is 0 Å². The van der Waals surface area contributed by atoms with Crippen molar-refractivity contribution in [2.45, 2.75) is 93.3 Å². The van der Waals surface area contributed by atoms with Crippen LogP contribution in [-0.4, -0.2) is 47.0 Å². The first kappa shape index (κ1) is 21.8. The average Bonchev–Trinajstić information content (AvgIpc) is 2.68. The fraction of sp³-hybridized carbons (Fsp3) is 0.952. The summed E-state index contributed by atoms with van der Waals surface area (Å²) in [5.41, 5.74) is -3.43. The van der Waals surface area contributed by atoms with Crippen molar-refractivity contribution in [3.63, 3.8) is 0 Å². The molecule has 10 heteroatoms. The molecule has 0 aromatic carbocycles. The van der Waals surface area contributed by atoms with Crippen molar-refractivity contribution in [1.29, 1.82) is 0 Å². The molecule has 1 spiro atoms. The Hall–Kier alpha value is -1.00. The molecule has 0 aromatic heterocycles. The largest absolute Gasteiger partial charge is 0.459 e. The van der Waals surface area contributed by atoms with E-state index in [-0.39, 0.29) is 43.5 Å². The molecule has 6 fully saturated rings. The van der Waals surface area contributed by atoms with Gasteiger partial charge < -0.3 is 19.3 Å². The number of hydrogen-bond donors (Lipinski definition) is 1. The summed E-state index contributed by atoms with van der Waals surface area (Å²) < 4.78 is 86.9. The predicted molar refractivity (Wildman–Crippen MR) is 94.7 cm³/mol. The van der Waals surface area contributed by atoms with Crippen molar-refractivity contribution in [1.82, 2.24) is 0 Å². The van der Waals surface area contributed by atoms with Crippen LogP contribution < -0.4 is 0 Å². The van der Waals surface area contributed by atoms with Gasteiger partial charge in [0, 0.05) is 0 Å². The molecule has 1 heterocycles. The zero-order chi connectivity index (χ0) is 22.3. The summed E-state index contributed by atoms with van der Waals surface area (Å²) in [6.07, 6.45) is -0.165. The Labute approximate surface area is 176 Å². The standard InChI is InChI=1S/C21H27F5O5/c22-19(23)18(29-11-30-20(19,28)21(24,25)26)14-6-12-7-15(18)10-17(8-12,9-14)31-16(27)13-4-2-1-3-5-13/h12-15,28H,1-11H2. The summed E-state index contributed by atoms with van der Waals surface area (Å²) in [4.78, 5) is 12.8. The summed E-state index contributed by atoms with van der Waals surface area (Å²) >= 11 is 0. The van der Waals surface area contributed by atoms with Gasteiger partial charge in [-0.2, -0.15) is 22.0 Å². The number of aliphatic hydroxyl groups is 1. The van der Waals surface area contributed by atoms with Gasteiger partial charge in [0.2, 0.25) is 0 Å². The zero-order valence-corrected chi connectivity index (χ0v) is 17.1. The first-order valence-electron chi connectivity index (χ1n) is 11.1. The molecule has 176 valence electrons. The summed E-state index contributed by atoms with van der Waals surface area (Å²) in [7, 11) is 0. The molecule has 1 aliphatic heterocycles. The number of carbonyl (C=O) groups is 1. The maximum atomic E-state index is 15.5. The van der Waals surface area contributed by atoms with E-state index in [1.54, 1.807) is 0 Å². The van der Waals surface area contributed by atoms with E-state index in [0.717, 1.165) is 32.1 Å². The quantitative estimate of drug-likeness (QED) is 0.498. The second kappa shape index (κ2) is 6.76. The van der Waals surface area contributed by atoms with E-state index in [1.807, 2.05) is 0 Å². The van der Waals surface area contributed by atoms with Crippen LogP contribution in [0.5, 0.6) is 0 Å². The van der Waals surface area contributed by atoms with E-state index in [4.69, 9.17) is 9.47 Å². The van der Waals surface area contributed by atoms with Crippen LogP contribution in [0.1, 0.15) is 64.2 Å². The highest BCUT2D eigenvalue weighted by atomic mass is 19.4. The molecule has 5 nitrogen and oxygen atoms in total. The number of carbonyl (C=O) groups excluding carboxylic acids is 1. The molecule has 5 aliphatic carbocycles. The minimum absolute atomic E-state index is 0.0159. The summed E-state index contributed by atoms with van der Waals surface area (Å²) in [6, 6.07) is 0. The lowest BCUT2D eigenvalue weighted by molar-refractivity contribution is -0.521. The topological polar surface area (TPSA) is 65.0 Å². The van der Waals surface area contributed by atoms with Crippen molar-refractivity contribution >= 4 is 5.97 Å². The Bertz CT molecular complexity index is 733. The highest BCUT2D eigenvalue weighted by Gasteiger charge is 2.85. The fourth-order valence-corrected chi connectivity index (χ4v) is 7.32. The van der Waals surface area contributed by atoms with E-state index in [1.165, 1.54) is 0 Å². The van der Waals surface area contributed by atoms with Gasteiger partial charge in [-0.05, 0) is 62.7 Å². The third-order valence-electron chi connectivity index (χ3n) is 8.47. The van der Waals surface area contributed by atoms with Crippen molar-refractivity contribution in [2.75, 3.05) is 6.79 Å². The third-order valence-corrected chi connectivity index (χ3v) is 8.47. The van der Waals surface area contributed by atoms with Crippen LogP contribution in [0.2, 0.25) is 0 Å². The maximum absolute atomic E-state index is 15.5. The molecule has 0 amide bonds. The van der Waals surface area contributed by atoms with Gasteiger partial charge >= 0.3 is 23.9 Å². The summed E-state index contributed by atoms with van der Waals surface area (Å²) in [5, 5.41) is 10.0. The average molecular weight is 454 g/mol. The summed E-state index contributed by atoms with van der Waals surface area (Å²) in [6.45, 7) is -1.07. The van der Waals surface area contributed by atoms with E-state index >= 15 is 8.78 Å². The maximum Gasteiger partial charge on any atom is 0.449 e. The molecule has 1 saturated heterocycles. The Morgan fingerprint density at radius 1 is 0.968 bits per heavy atom. The highest BCUT2D eigenvalue weighted by Crippen LogP contribution is 2.69. The molecule has 31 heavy (non-hydrogen) atoms. The lowest BCUT2D eigenvalue weighted by Gasteiger charge is -2.67. The van der Waals surface area contributed by atoms with E-state index in [9.17, 15) is 23.1 Å². The lowest BCUT2D eigenvalue weighted by atomic mass is 9.46. The number of alkyl halides is 5. The van der Waals surface area contributed by atoms with Gasteiger partial charge in [0.1, 0.15) is 11.2 Å². The van der Waals surface area contributed by atoms with E-state index in [0.29, 0.717) is 6.42 Å². The SMILES string of the molecule is O=C(OC12CC3CC(C1)C1(OCOC(O)(C(F)(F)F)C1(F)F)C(C3)C2)C1CCCCC1. The molecular weight excluding hydrogens is 427 g/mol. The monoisotopic (exact) mass is 454 g/mol. The van der Waals surface area contributed by atoms with Gasteiger partial charge in [-0.15, -0.1) is 0 Å². The Morgan fingerprint density at radius 2 is 1.58 bits per heavy atom. The Balaban J connectivity index is 1.44. The third kappa shape index (κ3) is 2.86. The van der Waals surface area contributed by atoms with Crippen LogP contribution in [0.25, 0.3) is 0 Å². The van der Waals surface area contributed by atoms with Crippen molar-refractivity contribution in [3.05, 3.63) is 0 Å². The van der Waals surface area contributed by atoms with Crippen LogP contribution in [-0.2, 0) is 19.0 Å². The normalized spacial score (nSPS) is 47.0. The summed E-state index contributed by atoms with van der Waals surface area (Å²) in [5.74, 6) is -11.8. The first-order chi connectivity index (χ1) is 14.4. The van der Waals surface area contributed by atoms with Crippen LogP contribution in [0, 0.1) is 23.7 Å². The molecule has 4 bridgehead atoms. The zero-order valence-electron chi connectivity index (χ0n) is 17.1. The van der Waals surface area contributed by atoms with Gasteiger partial charge in [-0.3, -0.25) is 4.79 Å². The van der Waals surface area contributed by atoms with Crippen LogP contribution in [0.4, 0.5) is 22.0 Å². The number of ether oxygens (including phenoxy) is 3. The Kier molecular flexibility index (Phi) is 4.76. The number of halogens is 5. The highest BCUT2D eigenvalue weighted by molar-refractivity contribution is 5.73. The molecule has 0 radical (unpaired) electrons. The molecular formula is C21H27F5O5. The second-order valence-corrected chi connectivity index (χ2v) is 10.2. The minimum atomic E-state index is -5.69.